The van der Waals surface area contributed by atoms with Gasteiger partial charge in [0.25, 0.3) is 5.91 Å². The van der Waals surface area contributed by atoms with Gasteiger partial charge in [-0.05, 0) is 37.6 Å². The molecule has 8 heteroatoms. The van der Waals surface area contributed by atoms with Crippen LogP contribution < -0.4 is 5.32 Å². The van der Waals surface area contributed by atoms with E-state index >= 15 is 0 Å². The zero-order chi connectivity index (χ0) is 17.4. The molecule has 24 heavy (non-hydrogen) atoms. The standard InChI is InChI=1S/C16H14FN3O3S/c1-7-12(15(22)23-3)8(2)18-13(7)14(21)20-16-19-10-5-4-9(17)6-11(10)24-16/h4-6,18H,1-3H3,(H,19,20,21). The van der Waals surface area contributed by atoms with Crippen molar-refractivity contribution in [3.8, 4) is 0 Å². The van der Waals surface area contributed by atoms with E-state index in [1.807, 2.05) is 0 Å². The van der Waals surface area contributed by atoms with Gasteiger partial charge in [0.2, 0.25) is 0 Å². The van der Waals surface area contributed by atoms with Crippen LogP contribution in [-0.4, -0.2) is 29.0 Å². The van der Waals surface area contributed by atoms with Crippen molar-refractivity contribution in [2.75, 3.05) is 12.4 Å². The normalized spacial score (nSPS) is 10.8. The molecule has 2 N–H and O–H groups in total. The summed E-state index contributed by atoms with van der Waals surface area (Å²) >= 11 is 1.17. The largest absolute Gasteiger partial charge is 0.465 e. The number of rotatable bonds is 3. The van der Waals surface area contributed by atoms with Gasteiger partial charge in [0, 0.05) is 5.69 Å². The summed E-state index contributed by atoms with van der Waals surface area (Å²) < 4.78 is 18.6. The first-order valence-corrected chi connectivity index (χ1v) is 7.87. The number of methoxy groups -OCH3 is 1. The van der Waals surface area contributed by atoms with Crippen molar-refractivity contribution in [2.24, 2.45) is 0 Å². The fraction of sp³-hybridized carbons (Fsp3) is 0.188. The number of nitrogens with zero attached hydrogens (tertiary/aromatic N) is 1. The van der Waals surface area contributed by atoms with Crippen LogP contribution in [0.15, 0.2) is 18.2 Å². The van der Waals surface area contributed by atoms with E-state index in [4.69, 9.17) is 4.74 Å². The second kappa shape index (κ2) is 6.04. The van der Waals surface area contributed by atoms with Crippen molar-refractivity contribution in [2.45, 2.75) is 13.8 Å². The quantitative estimate of drug-likeness (QED) is 0.711. The lowest BCUT2D eigenvalue weighted by Gasteiger charge is -2.01. The molecule has 124 valence electrons. The van der Waals surface area contributed by atoms with Crippen LogP contribution in [0.2, 0.25) is 0 Å². The average Bonchev–Trinajstić information content (AvgIpc) is 3.06. The van der Waals surface area contributed by atoms with Crippen LogP contribution in [0, 0.1) is 19.7 Å². The number of hydrogen-bond acceptors (Lipinski definition) is 5. The Labute approximate surface area is 140 Å². The number of aryl methyl sites for hydroxylation is 1. The molecular formula is C16H14FN3O3S. The number of aromatic amines is 1. The molecule has 0 fully saturated rings. The van der Waals surface area contributed by atoms with Gasteiger partial charge in [0.15, 0.2) is 5.13 Å². The molecule has 6 nitrogen and oxygen atoms in total. The Morgan fingerprint density at radius 3 is 2.79 bits per heavy atom. The molecule has 3 aromatic rings. The maximum absolute atomic E-state index is 13.2. The van der Waals surface area contributed by atoms with Gasteiger partial charge in [-0.25, -0.2) is 14.2 Å². The maximum atomic E-state index is 13.2. The minimum absolute atomic E-state index is 0.262. The molecule has 0 bridgehead atoms. The van der Waals surface area contributed by atoms with E-state index in [2.05, 4.69) is 15.3 Å². The Morgan fingerprint density at radius 2 is 2.08 bits per heavy atom. The van der Waals surface area contributed by atoms with Crippen LogP contribution in [0.1, 0.15) is 32.1 Å². The number of halogens is 1. The Balaban J connectivity index is 1.90. The predicted octanol–water partition coefficient (Wildman–Crippen LogP) is 3.42. The number of anilines is 1. The van der Waals surface area contributed by atoms with Gasteiger partial charge < -0.3 is 9.72 Å². The number of benzene rings is 1. The number of carbonyl (C=O) groups is 2. The van der Waals surface area contributed by atoms with Crippen molar-refractivity contribution in [1.29, 1.82) is 0 Å². The van der Waals surface area contributed by atoms with E-state index < -0.39 is 11.9 Å². The highest BCUT2D eigenvalue weighted by Gasteiger charge is 2.23. The number of carbonyl (C=O) groups excluding carboxylic acids is 2. The highest BCUT2D eigenvalue weighted by atomic mass is 32.1. The van der Waals surface area contributed by atoms with Gasteiger partial charge in [0.1, 0.15) is 11.5 Å². The van der Waals surface area contributed by atoms with E-state index in [9.17, 15) is 14.0 Å². The van der Waals surface area contributed by atoms with Crippen LogP contribution in [0.4, 0.5) is 9.52 Å². The monoisotopic (exact) mass is 347 g/mol. The first-order valence-electron chi connectivity index (χ1n) is 7.05. The van der Waals surface area contributed by atoms with E-state index in [1.54, 1.807) is 19.9 Å². The fourth-order valence-electron chi connectivity index (χ4n) is 2.50. The second-order valence-electron chi connectivity index (χ2n) is 5.20. The first-order chi connectivity index (χ1) is 11.4. The van der Waals surface area contributed by atoms with E-state index in [0.717, 1.165) is 0 Å². The lowest BCUT2D eigenvalue weighted by Crippen LogP contribution is -2.14. The van der Waals surface area contributed by atoms with Crippen molar-refractivity contribution >= 4 is 38.6 Å². The van der Waals surface area contributed by atoms with Gasteiger partial charge in [-0.1, -0.05) is 11.3 Å². The minimum Gasteiger partial charge on any atom is -0.465 e. The molecule has 3 rings (SSSR count). The van der Waals surface area contributed by atoms with Crippen LogP contribution in [0.5, 0.6) is 0 Å². The molecule has 0 aliphatic heterocycles. The summed E-state index contributed by atoms with van der Waals surface area (Å²) in [5.74, 6) is -1.29. The third kappa shape index (κ3) is 2.76. The smallest absolute Gasteiger partial charge is 0.339 e. The third-order valence-corrected chi connectivity index (χ3v) is 4.56. The molecule has 2 aromatic heterocycles. The van der Waals surface area contributed by atoms with Gasteiger partial charge in [0.05, 0.1) is 22.9 Å². The molecule has 1 amide bonds. The summed E-state index contributed by atoms with van der Waals surface area (Å²) in [5.41, 5.74) is 2.26. The number of aromatic nitrogens is 2. The number of amides is 1. The number of nitrogens with one attached hydrogen (secondary N) is 2. The fourth-order valence-corrected chi connectivity index (χ4v) is 3.38. The number of esters is 1. The molecule has 0 saturated carbocycles. The molecular weight excluding hydrogens is 333 g/mol. The zero-order valence-corrected chi connectivity index (χ0v) is 14.0. The summed E-state index contributed by atoms with van der Waals surface area (Å²) in [6.45, 7) is 3.36. The van der Waals surface area contributed by atoms with Crippen LogP contribution in [-0.2, 0) is 4.74 Å². The Morgan fingerprint density at radius 1 is 1.33 bits per heavy atom. The second-order valence-corrected chi connectivity index (χ2v) is 6.23. The number of fused-ring (bicyclic) bond motifs is 1. The third-order valence-electron chi connectivity index (χ3n) is 3.63. The highest BCUT2D eigenvalue weighted by molar-refractivity contribution is 7.22. The van der Waals surface area contributed by atoms with Crippen molar-refractivity contribution in [1.82, 2.24) is 9.97 Å². The van der Waals surface area contributed by atoms with E-state index in [1.165, 1.54) is 30.6 Å². The Bertz CT molecular complexity index is 961. The minimum atomic E-state index is -0.504. The summed E-state index contributed by atoms with van der Waals surface area (Å²) in [4.78, 5) is 31.4. The van der Waals surface area contributed by atoms with Crippen molar-refractivity contribution < 1.29 is 18.7 Å². The molecule has 1 aromatic carbocycles. The summed E-state index contributed by atoms with van der Waals surface area (Å²) in [7, 11) is 1.29. The summed E-state index contributed by atoms with van der Waals surface area (Å²) in [6, 6.07) is 4.23. The summed E-state index contributed by atoms with van der Waals surface area (Å²) in [6.07, 6.45) is 0. The van der Waals surface area contributed by atoms with Gasteiger partial charge in [-0.3, -0.25) is 10.1 Å². The number of H-pyrrole nitrogens is 1. The molecule has 0 saturated heterocycles. The molecule has 0 spiro atoms. The summed E-state index contributed by atoms with van der Waals surface area (Å²) in [5, 5.41) is 3.02. The predicted molar refractivity (Wildman–Crippen MR) is 89.1 cm³/mol. The molecule has 0 aliphatic carbocycles. The highest BCUT2D eigenvalue weighted by Crippen LogP contribution is 2.27. The molecule has 0 unspecified atom stereocenters. The lowest BCUT2D eigenvalue weighted by atomic mass is 10.1. The number of thiazole rings is 1. The van der Waals surface area contributed by atoms with Crippen LogP contribution >= 0.6 is 11.3 Å². The van der Waals surface area contributed by atoms with E-state index in [-0.39, 0.29) is 11.5 Å². The Hall–Kier alpha value is -2.74. The van der Waals surface area contributed by atoms with E-state index in [0.29, 0.717) is 32.2 Å². The van der Waals surface area contributed by atoms with Crippen LogP contribution in [0.25, 0.3) is 10.2 Å². The molecule has 0 atom stereocenters. The average molecular weight is 347 g/mol. The number of hydrogen-bond donors (Lipinski definition) is 2. The van der Waals surface area contributed by atoms with Crippen molar-refractivity contribution in [3.63, 3.8) is 0 Å². The molecule has 0 aliphatic rings. The first kappa shape index (κ1) is 16.1. The van der Waals surface area contributed by atoms with Gasteiger partial charge in [-0.2, -0.15) is 0 Å². The Kier molecular flexibility index (Phi) is 4.06. The number of ether oxygens (including phenoxy) is 1. The maximum Gasteiger partial charge on any atom is 0.339 e. The molecule has 2 heterocycles. The lowest BCUT2D eigenvalue weighted by molar-refractivity contribution is 0.0599. The van der Waals surface area contributed by atoms with Crippen molar-refractivity contribution in [3.05, 3.63) is 46.5 Å². The van der Waals surface area contributed by atoms with Gasteiger partial charge in [-0.15, -0.1) is 0 Å². The SMILES string of the molecule is COC(=O)c1c(C)[nH]c(C(=O)Nc2nc3ccc(F)cc3s2)c1C. The van der Waals surface area contributed by atoms with Gasteiger partial charge >= 0.3 is 5.97 Å². The molecule has 0 radical (unpaired) electrons. The topological polar surface area (TPSA) is 84.1 Å². The van der Waals surface area contributed by atoms with Crippen LogP contribution in [0.3, 0.4) is 0 Å². The zero-order valence-electron chi connectivity index (χ0n) is 13.2.